The Morgan fingerprint density at radius 3 is 2.60 bits per heavy atom. The van der Waals surface area contributed by atoms with E-state index in [9.17, 15) is 10.1 Å². The molecule has 4 aromatic rings. The van der Waals surface area contributed by atoms with E-state index in [1.807, 2.05) is 54.6 Å². The van der Waals surface area contributed by atoms with Crippen LogP contribution in [-0.4, -0.2) is 17.4 Å². The molecule has 7 heteroatoms. The number of pyridine rings is 1. The highest BCUT2D eigenvalue weighted by atomic mass is 32.1. The molecule has 0 bridgehead atoms. The van der Waals surface area contributed by atoms with E-state index in [4.69, 9.17) is 11.5 Å². The molecule has 0 atom stereocenters. The summed E-state index contributed by atoms with van der Waals surface area (Å²) in [5, 5.41) is 10.3. The van der Waals surface area contributed by atoms with Crippen molar-refractivity contribution >= 4 is 44.7 Å². The average molecular weight is 411 g/mol. The molecule has 5 rings (SSSR count). The number of amides is 1. The number of nitrogen functional groups attached to an aromatic ring is 2. The van der Waals surface area contributed by atoms with Gasteiger partial charge in [-0.25, -0.2) is 4.98 Å². The lowest BCUT2D eigenvalue weighted by Gasteiger charge is -2.16. The number of nitrogens with zero attached hydrogens (tertiary/aromatic N) is 3. The predicted molar refractivity (Wildman–Crippen MR) is 120 cm³/mol. The fraction of sp³-hybridized carbons (Fsp3) is 0.0870. The van der Waals surface area contributed by atoms with E-state index in [0.29, 0.717) is 32.9 Å². The van der Waals surface area contributed by atoms with Crippen molar-refractivity contribution in [2.75, 3.05) is 22.9 Å². The zero-order valence-electron chi connectivity index (χ0n) is 15.9. The molecule has 1 aliphatic heterocycles. The molecular formula is C23H17N5OS. The summed E-state index contributed by atoms with van der Waals surface area (Å²) in [5.74, 6) is -0.0211. The minimum Gasteiger partial charge on any atom is -0.397 e. The molecule has 0 radical (unpaired) electrons. The second kappa shape index (κ2) is 6.87. The van der Waals surface area contributed by atoms with E-state index < -0.39 is 0 Å². The van der Waals surface area contributed by atoms with Crippen LogP contribution in [0.5, 0.6) is 0 Å². The molecule has 0 aliphatic carbocycles. The van der Waals surface area contributed by atoms with Crippen molar-refractivity contribution in [2.24, 2.45) is 0 Å². The lowest BCUT2D eigenvalue weighted by molar-refractivity contribution is 0.0994. The first-order valence-electron chi connectivity index (χ1n) is 9.47. The van der Waals surface area contributed by atoms with E-state index in [1.165, 1.54) is 11.3 Å². The fourth-order valence-corrected chi connectivity index (χ4v) is 5.07. The number of thiophene rings is 1. The van der Waals surface area contributed by atoms with Crippen LogP contribution in [0, 0.1) is 11.3 Å². The minimum atomic E-state index is -0.156. The molecule has 2 aromatic heterocycles. The summed E-state index contributed by atoms with van der Waals surface area (Å²) in [7, 11) is 0. The molecule has 1 aliphatic rings. The Hall–Kier alpha value is -3.89. The van der Waals surface area contributed by atoms with Crippen molar-refractivity contribution < 1.29 is 4.79 Å². The summed E-state index contributed by atoms with van der Waals surface area (Å²) >= 11 is 1.22. The SMILES string of the molecule is N#Cc1c(N)nc2sc(C(=O)N3CCc4ccccc43)c(N)c2c1-c1ccccc1. The van der Waals surface area contributed by atoms with Crippen LogP contribution in [0.1, 0.15) is 20.8 Å². The van der Waals surface area contributed by atoms with Gasteiger partial charge < -0.3 is 16.4 Å². The molecule has 6 nitrogen and oxygen atoms in total. The summed E-state index contributed by atoms with van der Waals surface area (Å²) in [6, 6.07) is 19.5. The fourth-order valence-electron chi connectivity index (χ4n) is 4.01. The van der Waals surface area contributed by atoms with Crippen LogP contribution in [0.3, 0.4) is 0 Å². The number of anilines is 3. The number of carbonyl (C=O) groups is 1. The number of carbonyl (C=O) groups excluding carboxylic acids is 1. The van der Waals surface area contributed by atoms with Gasteiger partial charge in [0, 0.05) is 23.2 Å². The zero-order valence-corrected chi connectivity index (χ0v) is 16.7. The van der Waals surface area contributed by atoms with Gasteiger partial charge in [-0.3, -0.25) is 4.79 Å². The molecule has 0 unspecified atom stereocenters. The smallest absolute Gasteiger partial charge is 0.270 e. The van der Waals surface area contributed by atoms with Crippen LogP contribution in [0.15, 0.2) is 54.6 Å². The molecule has 0 spiro atoms. The first kappa shape index (κ1) is 18.2. The van der Waals surface area contributed by atoms with Crippen LogP contribution in [0.2, 0.25) is 0 Å². The highest BCUT2D eigenvalue weighted by Crippen LogP contribution is 2.43. The van der Waals surface area contributed by atoms with Crippen LogP contribution in [-0.2, 0) is 6.42 Å². The third kappa shape index (κ3) is 2.62. The predicted octanol–water partition coefficient (Wildman–Crippen LogP) is 4.20. The van der Waals surface area contributed by atoms with E-state index in [0.717, 1.165) is 23.2 Å². The molecule has 4 N–H and O–H groups in total. The van der Waals surface area contributed by atoms with Crippen molar-refractivity contribution in [1.82, 2.24) is 4.98 Å². The molecule has 146 valence electrons. The first-order chi connectivity index (χ1) is 14.6. The van der Waals surface area contributed by atoms with Crippen molar-refractivity contribution in [3.8, 4) is 17.2 Å². The lowest BCUT2D eigenvalue weighted by atomic mass is 9.97. The normalized spacial score (nSPS) is 12.7. The monoisotopic (exact) mass is 411 g/mol. The van der Waals surface area contributed by atoms with Gasteiger partial charge in [0.1, 0.15) is 27.2 Å². The van der Waals surface area contributed by atoms with Crippen molar-refractivity contribution in [1.29, 1.82) is 5.26 Å². The van der Waals surface area contributed by atoms with Crippen LogP contribution >= 0.6 is 11.3 Å². The van der Waals surface area contributed by atoms with Crippen LogP contribution in [0.25, 0.3) is 21.3 Å². The van der Waals surface area contributed by atoms with Gasteiger partial charge in [0.25, 0.3) is 5.91 Å². The number of hydrogen-bond acceptors (Lipinski definition) is 6. The van der Waals surface area contributed by atoms with Crippen molar-refractivity contribution in [3.05, 3.63) is 70.6 Å². The summed E-state index contributed by atoms with van der Waals surface area (Å²) in [5.41, 5.74) is 16.7. The maximum Gasteiger partial charge on any atom is 0.270 e. The zero-order chi connectivity index (χ0) is 20.8. The maximum atomic E-state index is 13.4. The Morgan fingerprint density at radius 2 is 1.83 bits per heavy atom. The number of rotatable bonds is 2. The van der Waals surface area contributed by atoms with E-state index in [-0.39, 0.29) is 17.3 Å². The highest BCUT2D eigenvalue weighted by Gasteiger charge is 2.30. The quantitative estimate of drug-likeness (QED) is 0.514. The van der Waals surface area contributed by atoms with Gasteiger partial charge in [-0.2, -0.15) is 5.26 Å². The number of nitriles is 1. The van der Waals surface area contributed by atoms with Crippen LogP contribution in [0.4, 0.5) is 17.2 Å². The van der Waals surface area contributed by atoms with Crippen molar-refractivity contribution in [3.63, 3.8) is 0 Å². The molecule has 3 heterocycles. The minimum absolute atomic E-state index is 0.135. The maximum absolute atomic E-state index is 13.4. The third-order valence-electron chi connectivity index (χ3n) is 5.41. The van der Waals surface area contributed by atoms with Gasteiger partial charge >= 0.3 is 0 Å². The number of fused-ring (bicyclic) bond motifs is 2. The second-order valence-corrected chi connectivity index (χ2v) is 8.08. The highest BCUT2D eigenvalue weighted by molar-refractivity contribution is 7.21. The summed E-state index contributed by atoms with van der Waals surface area (Å²) in [4.78, 5) is 20.5. The van der Waals surface area contributed by atoms with Gasteiger partial charge in [-0.15, -0.1) is 11.3 Å². The number of hydrogen-bond donors (Lipinski definition) is 2. The summed E-state index contributed by atoms with van der Waals surface area (Å²) in [6.45, 7) is 0.608. The number of benzene rings is 2. The van der Waals surface area contributed by atoms with E-state index in [2.05, 4.69) is 11.1 Å². The number of para-hydroxylation sites is 1. The lowest BCUT2D eigenvalue weighted by Crippen LogP contribution is -2.28. The Bertz CT molecular complexity index is 1350. The third-order valence-corrected chi connectivity index (χ3v) is 6.49. The van der Waals surface area contributed by atoms with Gasteiger partial charge in [-0.1, -0.05) is 48.5 Å². The largest absolute Gasteiger partial charge is 0.397 e. The molecule has 2 aromatic carbocycles. The summed E-state index contributed by atoms with van der Waals surface area (Å²) in [6.07, 6.45) is 0.811. The summed E-state index contributed by atoms with van der Waals surface area (Å²) < 4.78 is 0. The second-order valence-electron chi connectivity index (χ2n) is 7.09. The van der Waals surface area contributed by atoms with Crippen molar-refractivity contribution in [2.45, 2.75) is 6.42 Å². The van der Waals surface area contributed by atoms with Gasteiger partial charge in [-0.05, 0) is 23.6 Å². The van der Waals surface area contributed by atoms with Gasteiger partial charge in [0.15, 0.2) is 0 Å². The van der Waals surface area contributed by atoms with Gasteiger partial charge in [0.2, 0.25) is 0 Å². The Balaban J connectivity index is 1.72. The van der Waals surface area contributed by atoms with E-state index >= 15 is 0 Å². The Labute approximate surface area is 177 Å². The molecule has 0 saturated heterocycles. The molecule has 30 heavy (non-hydrogen) atoms. The van der Waals surface area contributed by atoms with Gasteiger partial charge in [0.05, 0.1) is 5.69 Å². The topological polar surface area (TPSA) is 109 Å². The van der Waals surface area contributed by atoms with E-state index in [1.54, 1.807) is 4.90 Å². The Kier molecular flexibility index (Phi) is 4.16. The average Bonchev–Trinajstić information content (AvgIpc) is 3.34. The first-order valence-corrected chi connectivity index (χ1v) is 10.3. The Morgan fingerprint density at radius 1 is 1.10 bits per heavy atom. The molecule has 0 saturated carbocycles. The van der Waals surface area contributed by atoms with Crippen LogP contribution < -0.4 is 16.4 Å². The number of nitrogens with two attached hydrogens (primary N) is 2. The molecular weight excluding hydrogens is 394 g/mol. The molecule has 0 fully saturated rings. The number of aromatic nitrogens is 1. The molecule has 1 amide bonds. The standard InChI is InChI=1S/C23H17N5OS/c24-12-15-17(14-7-2-1-3-8-14)18-19(25)20(30-22(18)27-21(15)26)23(29)28-11-10-13-6-4-5-9-16(13)28/h1-9H,10-11,25H2,(H2,26,27).